The second-order valence-corrected chi connectivity index (χ2v) is 7.72. The summed E-state index contributed by atoms with van der Waals surface area (Å²) in [4.78, 5) is 50.5. The Morgan fingerprint density at radius 2 is 1.42 bits per heavy atom. The first kappa shape index (κ1) is 22.1. The monoisotopic (exact) mass is 435 g/mol. The summed E-state index contributed by atoms with van der Waals surface area (Å²) in [5.74, 6) is -2.17. The Labute approximate surface area is 183 Å². The first-order chi connectivity index (χ1) is 14.9. The molecule has 0 aliphatic carbocycles. The maximum absolute atomic E-state index is 12.7. The third-order valence-electron chi connectivity index (χ3n) is 4.51. The quantitative estimate of drug-likeness (QED) is 0.312. The van der Waals surface area contributed by atoms with E-state index in [4.69, 9.17) is 4.74 Å². The van der Waals surface area contributed by atoms with Crippen molar-refractivity contribution in [3.05, 3.63) is 87.8 Å². The van der Waals surface area contributed by atoms with Gasteiger partial charge in [-0.3, -0.25) is 14.4 Å². The minimum Gasteiger partial charge on any atom is -0.462 e. The number of thiophene rings is 1. The number of hydrogen-bond acceptors (Lipinski definition) is 6. The summed E-state index contributed by atoms with van der Waals surface area (Å²) in [5.41, 5.74) is 1.12. The highest BCUT2D eigenvalue weighted by Crippen LogP contribution is 2.30. The van der Waals surface area contributed by atoms with Gasteiger partial charge in [-0.1, -0.05) is 49.4 Å². The van der Waals surface area contributed by atoms with Crippen LogP contribution < -0.4 is 5.32 Å². The second-order valence-electron chi connectivity index (χ2n) is 6.59. The van der Waals surface area contributed by atoms with Gasteiger partial charge in [-0.05, 0) is 31.5 Å². The summed E-state index contributed by atoms with van der Waals surface area (Å²) in [5, 5.41) is 3.16. The van der Waals surface area contributed by atoms with Crippen molar-refractivity contribution in [2.24, 2.45) is 0 Å². The normalized spacial score (nSPS) is 10.4. The van der Waals surface area contributed by atoms with Gasteiger partial charge in [-0.25, -0.2) is 4.79 Å². The van der Waals surface area contributed by atoms with Gasteiger partial charge in [0, 0.05) is 21.6 Å². The minimum absolute atomic E-state index is 0.196. The van der Waals surface area contributed by atoms with Crippen LogP contribution in [0.1, 0.15) is 60.2 Å². The fourth-order valence-corrected chi connectivity index (χ4v) is 3.85. The lowest BCUT2D eigenvalue weighted by molar-refractivity contribution is 0.0528. The van der Waals surface area contributed by atoms with Crippen molar-refractivity contribution in [1.82, 2.24) is 0 Å². The van der Waals surface area contributed by atoms with Crippen LogP contribution in [-0.2, 0) is 11.2 Å². The molecule has 2 aromatic carbocycles. The summed E-state index contributed by atoms with van der Waals surface area (Å²) in [6.07, 6.45) is 0.721. The van der Waals surface area contributed by atoms with Gasteiger partial charge in [0.15, 0.2) is 0 Å². The Hall–Kier alpha value is -3.58. The van der Waals surface area contributed by atoms with Gasteiger partial charge in [0.05, 0.1) is 12.2 Å². The number of aryl methyl sites for hydroxylation is 1. The molecular weight excluding hydrogens is 414 g/mol. The van der Waals surface area contributed by atoms with Crippen molar-refractivity contribution < 1.29 is 23.9 Å². The second kappa shape index (κ2) is 9.95. The molecule has 0 radical (unpaired) electrons. The van der Waals surface area contributed by atoms with Crippen LogP contribution in [0.25, 0.3) is 0 Å². The zero-order valence-corrected chi connectivity index (χ0v) is 18.0. The van der Waals surface area contributed by atoms with Crippen molar-refractivity contribution in [1.29, 1.82) is 0 Å². The third-order valence-corrected chi connectivity index (χ3v) is 5.70. The van der Waals surface area contributed by atoms with E-state index in [2.05, 4.69) is 5.32 Å². The predicted octanol–water partition coefficient (Wildman–Crippen LogP) is 4.81. The average Bonchev–Trinajstić information content (AvgIpc) is 3.22. The molecular formula is C24H21NO5S. The summed E-state index contributed by atoms with van der Waals surface area (Å²) in [7, 11) is 0. The molecule has 0 aliphatic heterocycles. The molecule has 158 valence electrons. The number of hydrogen-bond donors (Lipinski definition) is 1. The van der Waals surface area contributed by atoms with Crippen molar-refractivity contribution in [3.8, 4) is 0 Å². The van der Waals surface area contributed by atoms with Crippen LogP contribution in [0.3, 0.4) is 0 Å². The van der Waals surface area contributed by atoms with E-state index in [1.165, 1.54) is 35.6 Å². The average molecular weight is 436 g/mol. The molecule has 0 fully saturated rings. The Morgan fingerprint density at radius 3 is 2.00 bits per heavy atom. The number of amides is 1. The van der Waals surface area contributed by atoms with Crippen LogP contribution in [-0.4, -0.2) is 30.0 Å². The first-order valence-corrected chi connectivity index (χ1v) is 10.6. The minimum atomic E-state index is -0.645. The first-order valence-electron chi connectivity index (χ1n) is 9.79. The van der Waals surface area contributed by atoms with Crippen LogP contribution in [0.15, 0.2) is 60.7 Å². The molecule has 0 unspecified atom stereocenters. The molecule has 0 saturated carbocycles. The lowest BCUT2D eigenvalue weighted by atomic mass is 10.0. The Bertz CT molecular complexity index is 1120. The standard InChI is InChI=1S/C24H21NO5S/c1-3-18-14-19(24(29)30-4-2)23(31-18)25-22(28)17-12-10-16(11-13-17)21(27)20(26)15-8-6-5-7-9-15/h5-14H,3-4H2,1-2H3,(H,25,28). The van der Waals surface area contributed by atoms with E-state index < -0.39 is 23.4 Å². The van der Waals surface area contributed by atoms with Gasteiger partial charge in [0.2, 0.25) is 11.6 Å². The van der Waals surface area contributed by atoms with Crippen LogP contribution in [0.4, 0.5) is 5.00 Å². The molecule has 3 rings (SSSR count). The van der Waals surface area contributed by atoms with E-state index >= 15 is 0 Å². The summed E-state index contributed by atoms with van der Waals surface area (Å²) in [6.45, 7) is 3.91. The smallest absolute Gasteiger partial charge is 0.341 e. The van der Waals surface area contributed by atoms with Gasteiger partial charge in [0.1, 0.15) is 5.00 Å². The van der Waals surface area contributed by atoms with E-state index in [-0.39, 0.29) is 12.2 Å². The fraction of sp³-hybridized carbons (Fsp3) is 0.167. The lowest BCUT2D eigenvalue weighted by Crippen LogP contribution is -2.16. The van der Waals surface area contributed by atoms with Crippen molar-refractivity contribution in [2.75, 3.05) is 11.9 Å². The van der Waals surface area contributed by atoms with Crippen LogP contribution >= 0.6 is 11.3 Å². The van der Waals surface area contributed by atoms with Crippen LogP contribution in [0, 0.1) is 0 Å². The Morgan fingerprint density at radius 1 is 0.839 bits per heavy atom. The number of ketones is 2. The van der Waals surface area contributed by atoms with E-state index in [0.717, 1.165) is 11.3 Å². The highest BCUT2D eigenvalue weighted by Gasteiger charge is 2.21. The van der Waals surface area contributed by atoms with Crippen molar-refractivity contribution in [3.63, 3.8) is 0 Å². The molecule has 1 heterocycles. The molecule has 31 heavy (non-hydrogen) atoms. The maximum atomic E-state index is 12.7. The largest absolute Gasteiger partial charge is 0.462 e. The van der Waals surface area contributed by atoms with Gasteiger partial charge >= 0.3 is 5.97 Å². The molecule has 6 nitrogen and oxygen atoms in total. The Kier molecular flexibility index (Phi) is 7.10. The van der Waals surface area contributed by atoms with Gasteiger partial charge in [-0.2, -0.15) is 0 Å². The number of carbonyl (C=O) groups excluding carboxylic acids is 4. The van der Waals surface area contributed by atoms with E-state index in [1.54, 1.807) is 43.3 Å². The SMILES string of the molecule is CCOC(=O)c1cc(CC)sc1NC(=O)c1ccc(C(=O)C(=O)c2ccccc2)cc1. The number of anilines is 1. The van der Waals surface area contributed by atoms with Gasteiger partial charge in [0.25, 0.3) is 5.91 Å². The highest BCUT2D eigenvalue weighted by atomic mass is 32.1. The molecule has 0 spiro atoms. The summed E-state index contributed by atoms with van der Waals surface area (Å²) >= 11 is 1.31. The molecule has 1 N–H and O–H groups in total. The Balaban J connectivity index is 1.75. The molecule has 3 aromatic rings. The number of esters is 1. The molecule has 7 heteroatoms. The lowest BCUT2D eigenvalue weighted by Gasteiger charge is -2.07. The van der Waals surface area contributed by atoms with Crippen molar-refractivity contribution in [2.45, 2.75) is 20.3 Å². The van der Waals surface area contributed by atoms with E-state index in [1.807, 2.05) is 6.92 Å². The maximum Gasteiger partial charge on any atom is 0.341 e. The molecule has 0 atom stereocenters. The number of nitrogens with one attached hydrogen (secondary N) is 1. The molecule has 0 aliphatic rings. The number of Topliss-reactive ketones (excluding diaryl/α,β-unsaturated/α-hetero) is 2. The summed E-state index contributed by atoms with van der Waals surface area (Å²) < 4.78 is 5.06. The molecule has 1 amide bonds. The molecule has 0 bridgehead atoms. The van der Waals surface area contributed by atoms with E-state index in [9.17, 15) is 19.2 Å². The van der Waals surface area contributed by atoms with Gasteiger partial charge in [-0.15, -0.1) is 11.3 Å². The number of carbonyl (C=O) groups is 4. The fourth-order valence-electron chi connectivity index (χ4n) is 2.87. The van der Waals surface area contributed by atoms with E-state index in [0.29, 0.717) is 21.7 Å². The van der Waals surface area contributed by atoms with Crippen molar-refractivity contribution >= 4 is 39.8 Å². The third kappa shape index (κ3) is 5.13. The number of rotatable bonds is 8. The predicted molar refractivity (Wildman–Crippen MR) is 119 cm³/mol. The summed E-state index contributed by atoms with van der Waals surface area (Å²) in [6, 6.07) is 15.8. The van der Waals surface area contributed by atoms with Crippen LogP contribution in [0.2, 0.25) is 0 Å². The molecule has 0 saturated heterocycles. The topological polar surface area (TPSA) is 89.5 Å². The van der Waals surface area contributed by atoms with Gasteiger partial charge < -0.3 is 10.1 Å². The number of ether oxygens (including phenoxy) is 1. The zero-order chi connectivity index (χ0) is 22.4. The molecule has 1 aromatic heterocycles. The number of benzene rings is 2. The highest BCUT2D eigenvalue weighted by molar-refractivity contribution is 7.16. The zero-order valence-electron chi connectivity index (χ0n) is 17.1. The van der Waals surface area contributed by atoms with Crippen LogP contribution in [0.5, 0.6) is 0 Å².